The third-order valence-electron chi connectivity index (χ3n) is 2.03. The third-order valence-corrected chi connectivity index (χ3v) is 2.56. The number of nitrogens with two attached hydrogens (primary N) is 1. The average molecular weight is 286 g/mol. The molecule has 5 heteroatoms. The zero-order valence-corrected chi connectivity index (χ0v) is 10.6. The summed E-state index contributed by atoms with van der Waals surface area (Å²) in [6, 6.07) is 7.66. The molecule has 1 aromatic carbocycles. The highest BCUT2D eigenvalue weighted by Crippen LogP contribution is 2.09. The molecule has 0 aliphatic carbocycles. The summed E-state index contributed by atoms with van der Waals surface area (Å²) in [5.74, 6) is 0. The Balaban J connectivity index is 2.23. The highest BCUT2D eigenvalue weighted by atomic mass is 79.9. The van der Waals surface area contributed by atoms with Crippen molar-refractivity contribution in [1.29, 1.82) is 0 Å². The van der Waals surface area contributed by atoms with Crippen LogP contribution >= 0.6 is 15.9 Å². The first-order valence-corrected chi connectivity index (χ1v) is 5.98. The van der Waals surface area contributed by atoms with E-state index < -0.39 is 0 Å². The summed E-state index contributed by atoms with van der Waals surface area (Å²) in [7, 11) is 0. The standard InChI is InChI=1S/C11H16BrN3O/c12-10-4-2-9(3-5-10)8-15-11(16)14-7-1-6-13/h2-5H,1,6-8,13H2,(H2,14,15,16). The summed E-state index contributed by atoms with van der Waals surface area (Å²) in [4.78, 5) is 11.3. The minimum absolute atomic E-state index is 0.156. The van der Waals surface area contributed by atoms with Gasteiger partial charge >= 0.3 is 6.03 Å². The van der Waals surface area contributed by atoms with Crippen LogP contribution in [-0.2, 0) is 6.54 Å². The Bertz CT molecular complexity index is 327. The van der Waals surface area contributed by atoms with Gasteiger partial charge in [0, 0.05) is 17.6 Å². The molecular formula is C11H16BrN3O. The van der Waals surface area contributed by atoms with Crippen molar-refractivity contribution in [1.82, 2.24) is 10.6 Å². The second kappa shape index (κ2) is 7.24. The Hall–Kier alpha value is -1.07. The minimum Gasteiger partial charge on any atom is -0.338 e. The topological polar surface area (TPSA) is 67.1 Å². The van der Waals surface area contributed by atoms with Crippen molar-refractivity contribution in [2.24, 2.45) is 5.73 Å². The largest absolute Gasteiger partial charge is 0.338 e. The van der Waals surface area contributed by atoms with E-state index in [1.807, 2.05) is 24.3 Å². The molecule has 0 radical (unpaired) electrons. The first-order chi connectivity index (χ1) is 7.72. The number of halogens is 1. The molecule has 0 saturated carbocycles. The minimum atomic E-state index is -0.156. The normalized spacial score (nSPS) is 9.88. The van der Waals surface area contributed by atoms with E-state index in [0.717, 1.165) is 16.5 Å². The van der Waals surface area contributed by atoms with Crippen LogP contribution in [0.5, 0.6) is 0 Å². The maximum Gasteiger partial charge on any atom is 0.315 e. The number of hydrogen-bond acceptors (Lipinski definition) is 2. The Labute approximate surface area is 104 Å². The van der Waals surface area contributed by atoms with Gasteiger partial charge in [0.05, 0.1) is 0 Å². The second-order valence-electron chi connectivity index (χ2n) is 3.38. The second-order valence-corrected chi connectivity index (χ2v) is 4.29. The van der Waals surface area contributed by atoms with Gasteiger partial charge in [0.1, 0.15) is 0 Å². The lowest BCUT2D eigenvalue weighted by Crippen LogP contribution is -2.36. The van der Waals surface area contributed by atoms with Gasteiger partial charge in [0.2, 0.25) is 0 Å². The molecule has 0 fully saturated rings. The van der Waals surface area contributed by atoms with Crippen molar-refractivity contribution >= 4 is 22.0 Å². The molecule has 0 aliphatic rings. The summed E-state index contributed by atoms with van der Waals surface area (Å²) < 4.78 is 1.03. The van der Waals surface area contributed by atoms with E-state index in [1.165, 1.54) is 0 Å². The van der Waals surface area contributed by atoms with E-state index in [1.54, 1.807) is 0 Å². The molecule has 0 heterocycles. The van der Waals surface area contributed by atoms with E-state index in [0.29, 0.717) is 19.6 Å². The maximum atomic E-state index is 11.3. The Morgan fingerprint density at radius 1 is 1.25 bits per heavy atom. The van der Waals surface area contributed by atoms with Crippen molar-refractivity contribution in [3.8, 4) is 0 Å². The Morgan fingerprint density at radius 2 is 1.94 bits per heavy atom. The van der Waals surface area contributed by atoms with Crippen molar-refractivity contribution in [2.45, 2.75) is 13.0 Å². The molecule has 1 aromatic rings. The number of amides is 2. The van der Waals surface area contributed by atoms with E-state index >= 15 is 0 Å². The van der Waals surface area contributed by atoms with Gasteiger partial charge in [-0.15, -0.1) is 0 Å². The molecule has 0 aromatic heterocycles. The highest BCUT2D eigenvalue weighted by molar-refractivity contribution is 9.10. The number of rotatable bonds is 5. The maximum absolute atomic E-state index is 11.3. The van der Waals surface area contributed by atoms with Gasteiger partial charge in [-0.1, -0.05) is 28.1 Å². The predicted octanol–water partition coefficient (Wildman–Crippen LogP) is 1.60. The smallest absolute Gasteiger partial charge is 0.315 e. The summed E-state index contributed by atoms with van der Waals surface area (Å²) in [6.45, 7) is 1.73. The summed E-state index contributed by atoms with van der Waals surface area (Å²) in [5.41, 5.74) is 6.38. The van der Waals surface area contributed by atoms with Crippen LogP contribution in [0.2, 0.25) is 0 Å². The molecule has 0 unspecified atom stereocenters. The van der Waals surface area contributed by atoms with Gasteiger partial charge < -0.3 is 16.4 Å². The van der Waals surface area contributed by atoms with Gasteiger partial charge in [-0.25, -0.2) is 4.79 Å². The van der Waals surface area contributed by atoms with Gasteiger partial charge in [0.25, 0.3) is 0 Å². The fraction of sp³-hybridized carbons (Fsp3) is 0.364. The van der Waals surface area contributed by atoms with E-state index in [-0.39, 0.29) is 6.03 Å². The lowest BCUT2D eigenvalue weighted by Gasteiger charge is -2.07. The molecule has 0 atom stereocenters. The molecule has 0 spiro atoms. The van der Waals surface area contributed by atoms with Crippen LogP contribution in [0.15, 0.2) is 28.7 Å². The Morgan fingerprint density at radius 3 is 2.56 bits per heavy atom. The van der Waals surface area contributed by atoms with Crippen LogP contribution in [0.3, 0.4) is 0 Å². The Kier molecular flexibility index (Phi) is 5.88. The van der Waals surface area contributed by atoms with Crippen molar-refractivity contribution < 1.29 is 4.79 Å². The summed E-state index contributed by atoms with van der Waals surface area (Å²) >= 11 is 3.36. The molecule has 2 amide bonds. The van der Waals surface area contributed by atoms with E-state index in [2.05, 4.69) is 26.6 Å². The quantitative estimate of drug-likeness (QED) is 0.720. The van der Waals surface area contributed by atoms with E-state index in [9.17, 15) is 4.79 Å². The van der Waals surface area contributed by atoms with Crippen molar-refractivity contribution in [2.75, 3.05) is 13.1 Å². The number of carbonyl (C=O) groups is 1. The van der Waals surface area contributed by atoms with Crippen molar-refractivity contribution in [3.05, 3.63) is 34.3 Å². The zero-order valence-electron chi connectivity index (χ0n) is 9.00. The van der Waals surface area contributed by atoms with Gasteiger partial charge in [-0.05, 0) is 30.7 Å². The van der Waals surface area contributed by atoms with Crippen LogP contribution < -0.4 is 16.4 Å². The molecular weight excluding hydrogens is 270 g/mol. The van der Waals surface area contributed by atoms with Crippen LogP contribution in [0.1, 0.15) is 12.0 Å². The molecule has 0 aliphatic heterocycles. The summed E-state index contributed by atoms with van der Waals surface area (Å²) in [6.07, 6.45) is 0.797. The number of hydrogen-bond donors (Lipinski definition) is 3. The highest BCUT2D eigenvalue weighted by Gasteiger charge is 1.98. The molecule has 88 valence electrons. The predicted molar refractivity (Wildman–Crippen MR) is 68.1 cm³/mol. The van der Waals surface area contributed by atoms with Crippen molar-refractivity contribution in [3.63, 3.8) is 0 Å². The fourth-order valence-electron chi connectivity index (χ4n) is 1.15. The first kappa shape index (κ1) is 13.0. The van der Waals surface area contributed by atoms with Gasteiger partial charge in [0.15, 0.2) is 0 Å². The van der Waals surface area contributed by atoms with Gasteiger partial charge in [-0.2, -0.15) is 0 Å². The third kappa shape index (κ3) is 5.14. The number of urea groups is 1. The fourth-order valence-corrected chi connectivity index (χ4v) is 1.42. The first-order valence-electron chi connectivity index (χ1n) is 5.18. The van der Waals surface area contributed by atoms with E-state index in [4.69, 9.17) is 5.73 Å². The lowest BCUT2D eigenvalue weighted by molar-refractivity contribution is 0.240. The lowest BCUT2D eigenvalue weighted by atomic mass is 10.2. The van der Waals surface area contributed by atoms with Crippen LogP contribution in [-0.4, -0.2) is 19.1 Å². The number of carbonyl (C=O) groups excluding carboxylic acids is 1. The van der Waals surface area contributed by atoms with Gasteiger partial charge in [-0.3, -0.25) is 0 Å². The van der Waals surface area contributed by atoms with Crippen LogP contribution in [0.25, 0.3) is 0 Å². The molecule has 4 N–H and O–H groups in total. The molecule has 0 bridgehead atoms. The summed E-state index contributed by atoms with van der Waals surface area (Å²) in [5, 5.41) is 5.50. The monoisotopic (exact) mass is 285 g/mol. The number of nitrogens with one attached hydrogen (secondary N) is 2. The SMILES string of the molecule is NCCCNC(=O)NCc1ccc(Br)cc1. The van der Waals surface area contributed by atoms with Crippen LogP contribution in [0.4, 0.5) is 4.79 Å². The number of benzene rings is 1. The molecule has 1 rings (SSSR count). The molecule has 0 saturated heterocycles. The molecule has 4 nitrogen and oxygen atoms in total. The molecule has 16 heavy (non-hydrogen) atoms. The van der Waals surface area contributed by atoms with Crippen LogP contribution in [0, 0.1) is 0 Å². The average Bonchev–Trinajstić information content (AvgIpc) is 2.29. The zero-order chi connectivity index (χ0) is 11.8.